The van der Waals surface area contributed by atoms with Gasteiger partial charge in [0.2, 0.25) is 29.5 Å². The molecule has 2 heterocycles. The van der Waals surface area contributed by atoms with Crippen molar-refractivity contribution in [3.05, 3.63) is 29.8 Å². The average molecular weight is 843 g/mol. The van der Waals surface area contributed by atoms with Gasteiger partial charge in [-0.3, -0.25) is 34.0 Å². The number of carbonyl (C=O) groups excluding carboxylic acids is 5. The van der Waals surface area contributed by atoms with Gasteiger partial charge in [0.15, 0.2) is 11.9 Å². The van der Waals surface area contributed by atoms with Crippen LogP contribution in [0.5, 0.6) is 5.75 Å². The van der Waals surface area contributed by atoms with Gasteiger partial charge in [-0.2, -0.15) is 0 Å². The maximum Gasteiger partial charge on any atom is 0.326 e. The largest absolute Gasteiger partial charge is 0.508 e. The normalized spacial score (nSPS) is 19.2. The second-order valence-corrected chi connectivity index (χ2v) is 16.2. The predicted molar refractivity (Wildman–Crippen MR) is 226 cm³/mol. The van der Waals surface area contributed by atoms with E-state index in [0.717, 1.165) is 0 Å². The average Bonchev–Trinajstić information content (AvgIpc) is 3.77. The molecular formula is C40H66N12O8. The van der Waals surface area contributed by atoms with Crippen LogP contribution in [0.2, 0.25) is 0 Å². The maximum absolute atomic E-state index is 14.8. The summed E-state index contributed by atoms with van der Waals surface area (Å²) in [6, 6.07) is 0.656. The SMILES string of the molecule is CC[C@H](C)[C@H](NC(=O)C(Cc1ccc(O)cc1)N1CC[C@]2(CCCN2C(=O)[C@H](CCCN=C(N)N)NC(=O)[C@@H](N)CCCN=C(N)N)C1=O)C(=O)N[C@@H](CC(C)C)C(=O)O. The molecule has 0 aromatic heterocycles. The van der Waals surface area contributed by atoms with Gasteiger partial charge in [-0.15, -0.1) is 0 Å². The van der Waals surface area contributed by atoms with Crippen molar-refractivity contribution in [2.45, 2.75) is 128 Å². The third-order valence-corrected chi connectivity index (χ3v) is 11.2. The molecule has 15 N–H and O–H groups in total. The van der Waals surface area contributed by atoms with Crippen LogP contribution in [0.15, 0.2) is 34.3 Å². The Bertz CT molecular complexity index is 1720. The minimum Gasteiger partial charge on any atom is -0.508 e. The van der Waals surface area contributed by atoms with Crippen LogP contribution in [0.3, 0.4) is 0 Å². The smallest absolute Gasteiger partial charge is 0.326 e. The lowest BCUT2D eigenvalue weighted by molar-refractivity contribution is -0.151. The third kappa shape index (κ3) is 13.4. The molecule has 1 aromatic carbocycles. The first-order valence-corrected chi connectivity index (χ1v) is 20.7. The van der Waals surface area contributed by atoms with Gasteiger partial charge in [0.25, 0.3) is 0 Å². The zero-order valence-electron chi connectivity index (χ0n) is 35.3. The third-order valence-electron chi connectivity index (χ3n) is 11.2. The van der Waals surface area contributed by atoms with Crippen molar-refractivity contribution >= 4 is 47.4 Å². The van der Waals surface area contributed by atoms with Crippen molar-refractivity contribution in [2.24, 2.45) is 50.5 Å². The lowest BCUT2D eigenvalue weighted by atomic mass is 9.92. The molecule has 0 saturated carbocycles. The van der Waals surface area contributed by atoms with Gasteiger partial charge in [0.05, 0.1) is 6.04 Å². The van der Waals surface area contributed by atoms with E-state index >= 15 is 0 Å². The van der Waals surface area contributed by atoms with E-state index in [-0.39, 0.29) is 81.9 Å². The number of rotatable bonds is 23. The predicted octanol–water partition coefficient (Wildman–Crippen LogP) is -1.04. The van der Waals surface area contributed by atoms with Gasteiger partial charge in [0, 0.05) is 32.6 Å². The van der Waals surface area contributed by atoms with E-state index in [1.165, 1.54) is 21.9 Å². The fourth-order valence-corrected chi connectivity index (χ4v) is 7.74. The van der Waals surface area contributed by atoms with E-state index in [9.17, 15) is 39.0 Å². The van der Waals surface area contributed by atoms with Crippen LogP contribution in [-0.2, 0) is 35.2 Å². The molecular weight excluding hydrogens is 777 g/mol. The zero-order chi connectivity index (χ0) is 44.7. The van der Waals surface area contributed by atoms with E-state index < -0.39 is 77.2 Å². The first-order valence-electron chi connectivity index (χ1n) is 20.7. The summed E-state index contributed by atoms with van der Waals surface area (Å²) in [6.07, 6.45) is 2.75. The molecule has 0 radical (unpaired) electrons. The molecule has 20 heteroatoms. The number of nitrogens with two attached hydrogens (primary N) is 5. The summed E-state index contributed by atoms with van der Waals surface area (Å²) in [4.78, 5) is 93.7. The first kappa shape index (κ1) is 48.7. The molecule has 2 fully saturated rings. The number of nitrogens with one attached hydrogen (secondary N) is 3. The van der Waals surface area contributed by atoms with Crippen molar-refractivity contribution in [1.82, 2.24) is 25.8 Å². The summed E-state index contributed by atoms with van der Waals surface area (Å²) >= 11 is 0. The molecule has 2 aliphatic rings. The van der Waals surface area contributed by atoms with Crippen LogP contribution < -0.4 is 44.6 Å². The minimum absolute atomic E-state index is 0.00537. The fraction of sp³-hybridized carbons (Fsp3) is 0.650. The summed E-state index contributed by atoms with van der Waals surface area (Å²) in [7, 11) is 0. The number of benzene rings is 1. The molecule has 20 nitrogen and oxygen atoms in total. The number of phenolic OH excluding ortho intramolecular Hbond substituents is 1. The Morgan fingerprint density at radius 3 is 2.00 bits per heavy atom. The Labute approximate surface area is 351 Å². The van der Waals surface area contributed by atoms with Crippen LogP contribution in [0.4, 0.5) is 0 Å². The van der Waals surface area contributed by atoms with E-state index in [4.69, 9.17) is 28.7 Å². The highest BCUT2D eigenvalue weighted by atomic mass is 16.4. The van der Waals surface area contributed by atoms with Crippen molar-refractivity contribution in [3.8, 4) is 5.75 Å². The van der Waals surface area contributed by atoms with Crippen LogP contribution in [0, 0.1) is 11.8 Å². The zero-order valence-corrected chi connectivity index (χ0v) is 35.3. The van der Waals surface area contributed by atoms with E-state index in [1.807, 2.05) is 20.8 Å². The lowest BCUT2D eigenvalue weighted by Gasteiger charge is -2.37. The molecule has 1 unspecified atom stereocenters. The monoisotopic (exact) mass is 843 g/mol. The van der Waals surface area contributed by atoms with Gasteiger partial charge >= 0.3 is 5.97 Å². The van der Waals surface area contributed by atoms with E-state index in [2.05, 4.69) is 25.9 Å². The summed E-state index contributed by atoms with van der Waals surface area (Å²) in [6.45, 7) is 8.04. The van der Waals surface area contributed by atoms with Crippen molar-refractivity contribution in [2.75, 3.05) is 26.2 Å². The molecule has 2 saturated heterocycles. The van der Waals surface area contributed by atoms with Gasteiger partial charge in [0.1, 0.15) is 35.5 Å². The molecule has 5 amide bonds. The summed E-state index contributed by atoms with van der Waals surface area (Å²) in [5.41, 5.74) is 27.3. The van der Waals surface area contributed by atoms with Crippen molar-refractivity contribution < 1.29 is 39.0 Å². The highest BCUT2D eigenvalue weighted by Crippen LogP contribution is 2.40. The summed E-state index contributed by atoms with van der Waals surface area (Å²) in [5, 5.41) is 28.0. The van der Waals surface area contributed by atoms with Gasteiger partial charge in [-0.05, 0) is 80.9 Å². The van der Waals surface area contributed by atoms with Crippen molar-refractivity contribution in [1.29, 1.82) is 0 Å². The van der Waals surface area contributed by atoms with Gasteiger partial charge < -0.3 is 64.6 Å². The number of carbonyl (C=O) groups is 6. The highest BCUT2D eigenvalue weighted by Gasteiger charge is 2.57. The topological polar surface area (TPSA) is 340 Å². The number of aliphatic carboxylic acids is 1. The second-order valence-electron chi connectivity index (χ2n) is 16.2. The Balaban J connectivity index is 1.94. The summed E-state index contributed by atoms with van der Waals surface area (Å²) < 4.78 is 0. The number of hydrogen-bond acceptors (Lipinski definition) is 10. The van der Waals surface area contributed by atoms with Gasteiger partial charge in [-0.1, -0.05) is 46.2 Å². The van der Waals surface area contributed by atoms with Crippen LogP contribution in [0.25, 0.3) is 0 Å². The molecule has 1 aromatic rings. The number of amides is 5. The Kier molecular flexibility index (Phi) is 18.4. The standard InChI is InChI=1S/C40H66N12O8/c1-5-24(4)31(34(56)49-29(36(58)59)21-23(2)3)50-33(55)30(22-25-11-13-26(53)14-12-25)51-20-16-40(37(51)60)15-8-19-52(40)35(57)28(10-7-18-47-39(44)45)48-32(54)27(41)9-6-17-46-38(42)43/h11-14,23-24,27-31,53H,5-10,15-22,41H2,1-4H3,(H,48,54)(H,49,56)(H,50,55)(H,58,59)(H4,42,43,46)(H4,44,45,47)/t24-,27-,28-,29-,30?,31-,40+/m0/s1. The quantitative estimate of drug-likeness (QED) is 0.0358. The van der Waals surface area contributed by atoms with Crippen LogP contribution >= 0.6 is 0 Å². The molecule has 2 aliphatic heterocycles. The van der Waals surface area contributed by atoms with Gasteiger partial charge in [-0.25, -0.2) is 4.79 Å². The number of hydrogen-bond donors (Lipinski definition) is 10. The minimum atomic E-state index is -1.32. The van der Waals surface area contributed by atoms with E-state index in [1.54, 1.807) is 19.1 Å². The van der Waals surface area contributed by atoms with E-state index in [0.29, 0.717) is 37.7 Å². The Morgan fingerprint density at radius 1 is 0.833 bits per heavy atom. The number of carboxylic acid groups (broad SMARTS) is 1. The molecule has 3 rings (SSSR count). The van der Waals surface area contributed by atoms with Crippen LogP contribution in [0.1, 0.15) is 91.0 Å². The number of aliphatic imine (C=N–C) groups is 2. The second kappa shape index (κ2) is 22.6. The number of phenols is 1. The molecule has 0 bridgehead atoms. The lowest BCUT2D eigenvalue weighted by Crippen LogP contribution is -2.61. The number of nitrogens with zero attached hydrogens (tertiary/aromatic N) is 4. The highest BCUT2D eigenvalue weighted by molar-refractivity contribution is 6.00. The first-order chi connectivity index (χ1) is 28.3. The molecule has 7 atom stereocenters. The number of likely N-dealkylation sites (tertiary alicyclic amines) is 2. The molecule has 0 aliphatic carbocycles. The molecule has 60 heavy (non-hydrogen) atoms. The number of guanidine groups is 2. The number of aromatic hydroxyl groups is 1. The Hall–Kier alpha value is -5.66. The van der Waals surface area contributed by atoms with Crippen LogP contribution in [-0.4, -0.2) is 129 Å². The fourth-order valence-electron chi connectivity index (χ4n) is 7.74. The van der Waals surface area contributed by atoms with Crippen molar-refractivity contribution in [3.63, 3.8) is 0 Å². The summed E-state index contributed by atoms with van der Waals surface area (Å²) in [5.74, 6) is -4.67. The number of carboxylic acids is 1. The maximum atomic E-state index is 14.8. The molecule has 334 valence electrons. The Morgan fingerprint density at radius 2 is 1.43 bits per heavy atom. The molecule has 1 spiro atoms.